The monoisotopic (exact) mass is 386 g/mol. The third kappa shape index (κ3) is 3.60. The zero-order chi connectivity index (χ0) is 20.3. The van der Waals surface area contributed by atoms with Crippen LogP contribution in [-0.4, -0.2) is 45.1 Å². The zero-order valence-corrected chi connectivity index (χ0v) is 16.0. The molecule has 1 N–H and O–H groups in total. The van der Waals surface area contributed by atoms with Crippen LogP contribution in [0.3, 0.4) is 0 Å². The fourth-order valence-electron chi connectivity index (χ4n) is 3.06. The molecule has 2 aromatic rings. The van der Waals surface area contributed by atoms with Crippen LogP contribution in [0.25, 0.3) is 11.5 Å². The molecule has 0 radical (unpaired) electrons. The molecule has 0 unspecified atom stereocenters. The molecule has 1 fully saturated rings. The molecule has 2 heterocycles. The molecule has 1 aliphatic rings. The molecule has 1 saturated heterocycles. The van der Waals surface area contributed by atoms with Crippen molar-refractivity contribution < 1.29 is 23.5 Å². The second kappa shape index (κ2) is 7.79. The second-order valence-electron chi connectivity index (χ2n) is 6.55. The summed E-state index contributed by atoms with van der Waals surface area (Å²) in [7, 11) is 0. The predicted octanol–water partition coefficient (Wildman–Crippen LogP) is 2.45. The number of carbonyl (C=O) groups is 3. The highest BCUT2D eigenvalue weighted by molar-refractivity contribution is 6.08. The normalized spacial score (nSPS) is 16.8. The van der Waals surface area contributed by atoms with E-state index in [0.29, 0.717) is 18.7 Å². The number of aromatic nitrogens is 2. The van der Waals surface area contributed by atoms with Crippen LogP contribution in [0.4, 0.5) is 4.79 Å². The molecule has 3 rings (SSSR count). The second-order valence-corrected chi connectivity index (χ2v) is 6.55. The Kier molecular flexibility index (Phi) is 5.43. The average Bonchev–Trinajstić information content (AvgIpc) is 3.28. The van der Waals surface area contributed by atoms with Crippen LogP contribution in [0.1, 0.15) is 45.6 Å². The third-order valence-electron chi connectivity index (χ3n) is 4.86. The van der Waals surface area contributed by atoms with Gasteiger partial charge in [-0.25, -0.2) is 4.79 Å². The molecular formula is C19H22N4O5. The number of benzene rings is 1. The van der Waals surface area contributed by atoms with Gasteiger partial charge >= 0.3 is 12.0 Å². The minimum atomic E-state index is -0.958. The number of amides is 3. The SMILES string of the molecule is CCC1(CC)NC(=O)N(CC(=O)O[C@H](C)c2nnc(-c3ccccc3)o2)C1=O. The summed E-state index contributed by atoms with van der Waals surface area (Å²) in [5, 5.41) is 10.5. The Balaban J connectivity index is 1.63. The number of carbonyl (C=O) groups excluding carboxylic acids is 3. The molecule has 0 spiro atoms. The van der Waals surface area contributed by atoms with E-state index in [9.17, 15) is 14.4 Å². The Bertz CT molecular complexity index is 875. The first-order valence-corrected chi connectivity index (χ1v) is 9.12. The number of hydrogen-bond donors (Lipinski definition) is 1. The van der Waals surface area contributed by atoms with E-state index in [1.54, 1.807) is 6.92 Å². The minimum Gasteiger partial charge on any atom is -0.451 e. The fourth-order valence-corrected chi connectivity index (χ4v) is 3.06. The van der Waals surface area contributed by atoms with Crippen molar-refractivity contribution in [3.05, 3.63) is 36.2 Å². The van der Waals surface area contributed by atoms with Gasteiger partial charge in [-0.1, -0.05) is 32.0 Å². The molecule has 0 bridgehead atoms. The number of imide groups is 1. The van der Waals surface area contributed by atoms with E-state index < -0.39 is 36.1 Å². The van der Waals surface area contributed by atoms with Crippen molar-refractivity contribution in [1.82, 2.24) is 20.4 Å². The molecular weight excluding hydrogens is 364 g/mol. The smallest absolute Gasteiger partial charge is 0.327 e. The van der Waals surface area contributed by atoms with Crippen LogP contribution < -0.4 is 5.32 Å². The van der Waals surface area contributed by atoms with Gasteiger partial charge in [-0.05, 0) is 31.9 Å². The first-order chi connectivity index (χ1) is 13.4. The molecule has 9 heteroatoms. The van der Waals surface area contributed by atoms with Gasteiger partial charge in [0.1, 0.15) is 12.1 Å². The Morgan fingerprint density at radius 2 is 1.89 bits per heavy atom. The lowest BCUT2D eigenvalue weighted by molar-refractivity contribution is -0.152. The lowest BCUT2D eigenvalue weighted by atomic mass is 9.93. The van der Waals surface area contributed by atoms with Crippen molar-refractivity contribution in [2.24, 2.45) is 0 Å². The Hall–Kier alpha value is -3.23. The lowest BCUT2D eigenvalue weighted by Gasteiger charge is -2.23. The highest BCUT2D eigenvalue weighted by Gasteiger charge is 2.49. The maximum absolute atomic E-state index is 12.5. The lowest BCUT2D eigenvalue weighted by Crippen LogP contribution is -2.46. The van der Waals surface area contributed by atoms with Gasteiger partial charge in [-0.15, -0.1) is 10.2 Å². The van der Waals surface area contributed by atoms with Crippen LogP contribution in [0.5, 0.6) is 0 Å². The number of esters is 1. The molecule has 1 aromatic heterocycles. The van der Waals surface area contributed by atoms with Crippen LogP contribution >= 0.6 is 0 Å². The molecule has 1 aliphatic heterocycles. The summed E-state index contributed by atoms with van der Waals surface area (Å²) in [5.74, 6) is -0.723. The topological polar surface area (TPSA) is 115 Å². The van der Waals surface area contributed by atoms with Crippen LogP contribution in [0.15, 0.2) is 34.7 Å². The number of hydrogen-bond acceptors (Lipinski definition) is 7. The highest BCUT2D eigenvalue weighted by atomic mass is 16.6. The molecule has 9 nitrogen and oxygen atoms in total. The van der Waals surface area contributed by atoms with E-state index >= 15 is 0 Å². The van der Waals surface area contributed by atoms with Crippen molar-refractivity contribution in [3.8, 4) is 11.5 Å². The van der Waals surface area contributed by atoms with E-state index in [2.05, 4.69) is 15.5 Å². The molecule has 3 amide bonds. The number of ether oxygens (including phenoxy) is 1. The van der Waals surface area contributed by atoms with Gasteiger partial charge in [0, 0.05) is 5.56 Å². The van der Waals surface area contributed by atoms with Crippen LogP contribution in [0.2, 0.25) is 0 Å². The van der Waals surface area contributed by atoms with Gasteiger partial charge in [0.25, 0.3) is 11.8 Å². The first kappa shape index (κ1) is 19.5. The largest absolute Gasteiger partial charge is 0.451 e. The van der Waals surface area contributed by atoms with Gasteiger partial charge in [0.15, 0.2) is 6.10 Å². The number of nitrogens with one attached hydrogen (secondary N) is 1. The summed E-state index contributed by atoms with van der Waals surface area (Å²) >= 11 is 0. The Labute approximate surface area is 162 Å². The number of rotatable bonds is 7. The molecule has 1 atom stereocenters. The van der Waals surface area contributed by atoms with Gasteiger partial charge in [0.05, 0.1) is 0 Å². The average molecular weight is 386 g/mol. The van der Waals surface area contributed by atoms with Gasteiger partial charge < -0.3 is 14.5 Å². The Morgan fingerprint density at radius 3 is 2.50 bits per heavy atom. The predicted molar refractivity (Wildman–Crippen MR) is 97.8 cm³/mol. The van der Waals surface area contributed by atoms with E-state index in [1.165, 1.54) is 0 Å². The molecule has 0 saturated carbocycles. The minimum absolute atomic E-state index is 0.126. The van der Waals surface area contributed by atoms with Crippen molar-refractivity contribution in [3.63, 3.8) is 0 Å². The van der Waals surface area contributed by atoms with Gasteiger partial charge in [-0.3, -0.25) is 14.5 Å². The zero-order valence-electron chi connectivity index (χ0n) is 16.0. The quantitative estimate of drug-likeness (QED) is 0.574. The van der Waals surface area contributed by atoms with Crippen LogP contribution in [-0.2, 0) is 14.3 Å². The van der Waals surface area contributed by atoms with Crippen molar-refractivity contribution >= 4 is 17.9 Å². The summed E-state index contributed by atoms with van der Waals surface area (Å²) in [4.78, 5) is 37.8. The summed E-state index contributed by atoms with van der Waals surface area (Å²) < 4.78 is 10.8. The number of urea groups is 1. The third-order valence-corrected chi connectivity index (χ3v) is 4.86. The van der Waals surface area contributed by atoms with E-state index in [0.717, 1.165) is 10.5 Å². The Morgan fingerprint density at radius 1 is 1.21 bits per heavy atom. The summed E-state index contributed by atoms with van der Waals surface area (Å²) in [5.41, 5.74) is -0.213. The fraction of sp³-hybridized carbons (Fsp3) is 0.421. The number of nitrogens with zero attached hydrogens (tertiary/aromatic N) is 3. The molecule has 0 aliphatic carbocycles. The van der Waals surface area contributed by atoms with Crippen molar-refractivity contribution in [1.29, 1.82) is 0 Å². The molecule has 28 heavy (non-hydrogen) atoms. The molecule has 1 aromatic carbocycles. The summed E-state index contributed by atoms with van der Waals surface area (Å²) in [6.07, 6.45) is 0.0703. The van der Waals surface area contributed by atoms with Gasteiger partial charge in [-0.2, -0.15) is 0 Å². The maximum atomic E-state index is 12.5. The van der Waals surface area contributed by atoms with Gasteiger partial charge in [0.2, 0.25) is 5.89 Å². The maximum Gasteiger partial charge on any atom is 0.327 e. The standard InChI is InChI=1S/C19H22N4O5/c1-4-19(5-2)17(25)23(18(26)20-19)11-14(24)27-12(3)15-21-22-16(28-15)13-9-7-6-8-10-13/h6-10,12H,4-5,11H2,1-3H3,(H,20,26)/t12-/m1/s1. The van der Waals surface area contributed by atoms with E-state index in [4.69, 9.17) is 9.15 Å². The summed E-state index contributed by atoms with van der Waals surface area (Å²) in [6, 6.07) is 8.59. The van der Waals surface area contributed by atoms with Crippen molar-refractivity contribution in [2.45, 2.75) is 45.3 Å². The molecule has 148 valence electrons. The highest BCUT2D eigenvalue weighted by Crippen LogP contribution is 2.26. The van der Waals surface area contributed by atoms with E-state index in [-0.39, 0.29) is 5.89 Å². The van der Waals surface area contributed by atoms with Crippen LogP contribution in [0, 0.1) is 0 Å². The van der Waals surface area contributed by atoms with E-state index in [1.807, 2.05) is 44.2 Å². The summed E-state index contributed by atoms with van der Waals surface area (Å²) in [6.45, 7) is 4.72. The first-order valence-electron chi connectivity index (χ1n) is 9.12. The van der Waals surface area contributed by atoms with Crippen molar-refractivity contribution in [2.75, 3.05) is 6.54 Å².